The van der Waals surface area contributed by atoms with Crippen molar-refractivity contribution in [2.24, 2.45) is 0 Å². The van der Waals surface area contributed by atoms with Gasteiger partial charge in [-0.25, -0.2) is 4.98 Å². The first-order valence-corrected chi connectivity index (χ1v) is 11.0. The van der Waals surface area contributed by atoms with Crippen LogP contribution in [0.4, 0.5) is 36.3 Å². The van der Waals surface area contributed by atoms with E-state index in [0.717, 1.165) is 31.1 Å². The molecular weight excluding hydrogens is 429 g/mol. The highest BCUT2D eigenvalue weighted by Gasteiger charge is 2.37. The fourth-order valence-electron chi connectivity index (χ4n) is 3.38. The predicted octanol–water partition coefficient (Wildman–Crippen LogP) is 6.77. The van der Waals surface area contributed by atoms with Crippen LogP contribution in [0.3, 0.4) is 0 Å². The van der Waals surface area contributed by atoms with Gasteiger partial charge in [0.2, 0.25) is 5.95 Å². The minimum absolute atomic E-state index is 0.177. The third-order valence-corrected chi connectivity index (χ3v) is 5.24. The zero-order valence-corrected chi connectivity index (χ0v) is 19.4. The van der Waals surface area contributed by atoms with E-state index in [2.05, 4.69) is 16.9 Å². The van der Waals surface area contributed by atoms with E-state index >= 15 is 0 Å². The van der Waals surface area contributed by atoms with E-state index in [1.165, 1.54) is 10.5 Å². The molecule has 0 amide bonds. The molecule has 0 fully saturated rings. The Morgan fingerprint density at radius 1 is 0.848 bits per heavy atom. The van der Waals surface area contributed by atoms with E-state index in [4.69, 9.17) is 4.74 Å². The van der Waals surface area contributed by atoms with E-state index in [1.807, 2.05) is 31.2 Å². The minimum Gasteiger partial charge on any atom is -0.494 e. The molecule has 1 heterocycles. The Kier molecular flexibility index (Phi) is 7.79. The van der Waals surface area contributed by atoms with Gasteiger partial charge >= 0.3 is 6.18 Å². The van der Waals surface area contributed by atoms with Crippen molar-refractivity contribution < 1.29 is 17.9 Å². The molecule has 1 aromatic heterocycles. The van der Waals surface area contributed by atoms with Crippen molar-refractivity contribution in [2.75, 3.05) is 30.5 Å². The summed E-state index contributed by atoms with van der Waals surface area (Å²) in [5.41, 5.74) is 1.66. The third-order valence-electron chi connectivity index (χ3n) is 5.24. The molecule has 0 aliphatic rings. The maximum Gasteiger partial charge on any atom is 0.421 e. The van der Waals surface area contributed by atoms with E-state index in [-0.39, 0.29) is 11.8 Å². The molecule has 0 saturated carbocycles. The van der Waals surface area contributed by atoms with Crippen LogP contribution in [-0.4, -0.2) is 30.7 Å². The van der Waals surface area contributed by atoms with Crippen LogP contribution in [0.2, 0.25) is 0 Å². The van der Waals surface area contributed by atoms with Gasteiger partial charge in [-0.1, -0.05) is 32.4 Å². The maximum absolute atomic E-state index is 13.8. The second-order valence-electron chi connectivity index (χ2n) is 7.78. The molecule has 176 valence electrons. The minimum atomic E-state index is -4.59. The number of hydrogen-bond donors (Lipinski definition) is 0. The second kappa shape index (κ2) is 10.6. The van der Waals surface area contributed by atoms with Gasteiger partial charge in [0.1, 0.15) is 11.3 Å². The molecular formula is C25H29F3N4O. The molecule has 0 saturated heterocycles. The van der Waals surface area contributed by atoms with Crippen LogP contribution in [0.25, 0.3) is 0 Å². The summed E-state index contributed by atoms with van der Waals surface area (Å²) in [4.78, 5) is 11.4. The summed E-state index contributed by atoms with van der Waals surface area (Å²) in [6.07, 6.45) is -0.868. The molecule has 0 N–H and O–H groups in total. The van der Waals surface area contributed by atoms with Gasteiger partial charge in [0.25, 0.3) is 0 Å². The molecule has 2 aromatic carbocycles. The molecule has 0 radical (unpaired) electrons. The van der Waals surface area contributed by atoms with Gasteiger partial charge in [0.15, 0.2) is 5.82 Å². The average molecular weight is 459 g/mol. The van der Waals surface area contributed by atoms with Crippen LogP contribution in [-0.2, 0) is 12.6 Å². The number of alkyl halides is 3. The number of rotatable bonds is 9. The van der Waals surface area contributed by atoms with Gasteiger partial charge in [-0.2, -0.15) is 18.2 Å². The number of benzene rings is 2. The highest BCUT2D eigenvalue weighted by Crippen LogP contribution is 2.38. The molecule has 5 nitrogen and oxygen atoms in total. The van der Waals surface area contributed by atoms with Gasteiger partial charge in [0, 0.05) is 31.7 Å². The highest BCUT2D eigenvalue weighted by atomic mass is 19.4. The van der Waals surface area contributed by atoms with Gasteiger partial charge < -0.3 is 14.5 Å². The number of hydrogen-bond acceptors (Lipinski definition) is 5. The highest BCUT2D eigenvalue weighted by molar-refractivity contribution is 5.66. The summed E-state index contributed by atoms with van der Waals surface area (Å²) in [7, 11) is 3.30. The summed E-state index contributed by atoms with van der Waals surface area (Å²) in [6, 6.07) is 14.8. The summed E-state index contributed by atoms with van der Waals surface area (Å²) >= 11 is 0. The van der Waals surface area contributed by atoms with Crippen LogP contribution >= 0.6 is 0 Å². The quantitative estimate of drug-likeness (QED) is 0.354. The van der Waals surface area contributed by atoms with Crippen molar-refractivity contribution >= 4 is 23.1 Å². The molecule has 0 aliphatic carbocycles. The average Bonchev–Trinajstić information content (AvgIpc) is 2.82. The number of nitrogens with zero attached hydrogens (tertiary/aromatic N) is 4. The lowest BCUT2D eigenvalue weighted by Crippen LogP contribution is -2.21. The Bertz CT molecular complexity index is 1040. The van der Waals surface area contributed by atoms with Crippen molar-refractivity contribution in [3.63, 3.8) is 0 Å². The number of halogens is 3. The Hall–Kier alpha value is -3.29. The standard InChI is InChI=1S/C25H29F3N4O/c1-5-7-18-8-10-20(11-9-18)32(4)24-29-17-22(25(26,27)28)23(30-24)31(3)19-12-14-21(15-13-19)33-16-6-2/h8-15,17H,5-7,16H2,1-4H3. The number of anilines is 4. The van der Waals surface area contributed by atoms with Crippen LogP contribution < -0.4 is 14.5 Å². The van der Waals surface area contributed by atoms with Crippen molar-refractivity contribution in [3.8, 4) is 5.75 Å². The molecule has 0 unspecified atom stereocenters. The summed E-state index contributed by atoms with van der Waals surface area (Å²) in [5, 5.41) is 0. The lowest BCUT2D eigenvalue weighted by molar-refractivity contribution is -0.137. The fourth-order valence-corrected chi connectivity index (χ4v) is 3.38. The smallest absolute Gasteiger partial charge is 0.421 e. The van der Waals surface area contributed by atoms with Crippen LogP contribution in [0.1, 0.15) is 37.8 Å². The van der Waals surface area contributed by atoms with Gasteiger partial charge in [-0.05, 0) is 54.8 Å². The zero-order chi connectivity index (χ0) is 24.0. The lowest BCUT2D eigenvalue weighted by atomic mass is 10.1. The van der Waals surface area contributed by atoms with Gasteiger partial charge in [0.05, 0.1) is 6.61 Å². The largest absolute Gasteiger partial charge is 0.494 e. The maximum atomic E-state index is 13.8. The van der Waals surface area contributed by atoms with Crippen molar-refractivity contribution in [3.05, 3.63) is 65.9 Å². The molecule has 0 atom stereocenters. The van der Waals surface area contributed by atoms with Gasteiger partial charge in [-0.15, -0.1) is 0 Å². The van der Waals surface area contributed by atoms with E-state index in [0.29, 0.717) is 18.0 Å². The SMILES string of the molecule is CCCOc1ccc(N(C)c2nc(N(C)c3ccc(CCC)cc3)ncc2C(F)(F)F)cc1. The number of aryl methyl sites for hydroxylation is 1. The molecule has 0 spiro atoms. The number of ether oxygens (including phenoxy) is 1. The molecule has 3 aromatic rings. The fraction of sp³-hybridized carbons (Fsp3) is 0.360. The first-order valence-electron chi connectivity index (χ1n) is 11.0. The molecule has 0 aliphatic heterocycles. The normalized spacial score (nSPS) is 11.4. The summed E-state index contributed by atoms with van der Waals surface area (Å²) in [5.74, 6) is 0.625. The van der Waals surface area contributed by atoms with Crippen molar-refractivity contribution in [1.29, 1.82) is 0 Å². The summed E-state index contributed by atoms with van der Waals surface area (Å²) in [6.45, 7) is 4.69. The van der Waals surface area contributed by atoms with E-state index < -0.39 is 11.7 Å². The first-order chi connectivity index (χ1) is 15.7. The monoisotopic (exact) mass is 458 g/mol. The van der Waals surface area contributed by atoms with Gasteiger partial charge in [-0.3, -0.25) is 0 Å². The first kappa shape index (κ1) is 24.4. The summed E-state index contributed by atoms with van der Waals surface area (Å²) < 4.78 is 46.8. The Morgan fingerprint density at radius 3 is 2.03 bits per heavy atom. The van der Waals surface area contributed by atoms with Crippen LogP contribution in [0.5, 0.6) is 5.75 Å². The topological polar surface area (TPSA) is 41.5 Å². The molecule has 3 rings (SSSR count). The molecule has 8 heteroatoms. The predicted molar refractivity (Wildman–Crippen MR) is 126 cm³/mol. The van der Waals surface area contributed by atoms with E-state index in [9.17, 15) is 13.2 Å². The third kappa shape index (κ3) is 5.94. The Labute approximate surface area is 192 Å². The number of aromatic nitrogens is 2. The Morgan fingerprint density at radius 2 is 1.45 bits per heavy atom. The van der Waals surface area contributed by atoms with Crippen LogP contribution in [0, 0.1) is 0 Å². The lowest BCUT2D eigenvalue weighted by Gasteiger charge is -2.25. The zero-order valence-electron chi connectivity index (χ0n) is 19.4. The molecule has 33 heavy (non-hydrogen) atoms. The molecule has 0 bridgehead atoms. The van der Waals surface area contributed by atoms with Crippen molar-refractivity contribution in [1.82, 2.24) is 9.97 Å². The van der Waals surface area contributed by atoms with E-state index in [1.54, 1.807) is 43.3 Å². The van der Waals surface area contributed by atoms with Crippen molar-refractivity contribution in [2.45, 2.75) is 39.3 Å². The second-order valence-corrected chi connectivity index (χ2v) is 7.78. The Balaban J connectivity index is 1.94. The van der Waals surface area contributed by atoms with Crippen LogP contribution in [0.15, 0.2) is 54.7 Å².